The van der Waals surface area contributed by atoms with E-state index < -0.39 is 0 Å². The fourth-order valence-corrected chi connectivity index (χ4v) is 4.21. The minimum atomic E-state index is 0.0198. The minimum absolute atomic E-state index is 0.0198. The van der Waals surface area contributed by atoms with E-state index in [0.717, 1.165) is 18.8 Å². The number of likely N-dealkylation sites (tertiary alicyclic amines) is 1. The Balaban J connectivity index is 1.77. The molecular formula is C17H23N3S. The van der Waals surface area contributed by atoms with Crippen molar-refractivity contribution in [3.63, 3.8) is 0 Å². The molecule has 0 bridgehead atoms. The number of piperidine rings is 1. The number of hydrogen-bond donors (Lipinski definition) is 1. The molecule has 1 aliphatic rings. The number of benzene rings is 1. The summed E-state index contributed by atoms with van der Waals surface area (Å²) in [5.41, 5.74) is 2.54. The molecule has 112 valence electrons. The lowest BCUT2D eigenvalue weighted by Crippen LogP contribution is -2.53. The van der Waals surface area contributed by atoms with Crippen LogP contribution < -0.4 is 5.32 Å². The van der Waals surface area contributed by atoms with Gasteiger partial charge in [0.25, 0.3) is 0 Å². The van der Waals surface area contributed by atoms with Crippen LogP contribution in [0.2, 0.25) is 0 Å². The lowest BCUT2D eigenvalue weighted by atomic mass is 9.89. The summed E-state index contributed by atoms with van der Waals surface area (Å²) < 4.78 is 0. The molecule has 1 saturated heterocycles. The van der Waals surface area contributed by atoms with E-state index in [1.807, 2.05) is 0 Å². The van der Waals surface area contributed by atoms with E-state index in [-0.39, 0.29) is 5.54 Å². The van der Waals surface area contributed by atoms with E-state index >= 15 is 0 Å². The Labute approximate surface area is 131 Å². The van der Waals surface area contributed by atoms with Crippen LogP contribution in [0.15, 0.2) is 35.7 Å². The maximum absolute atomic E-state index is 4.75. The van der Waals surface area contributed by atoms with Gasteiger partial charge in [0.05, 0.1) is 5.54 Å². The summed E-state index contributed by atoms with van der Waals surface area (Å²) in [4.78, 5) is 7.30. The molecule has 0 radical (unpaired) electrons. The second kappa shape index (κ2) is 6.26. The second-order valence-corrected chi connectivity index (χ2v) is 6.78. The van der Waals surface area contributed by atoms with Crippen molar-refractivity contribution in [2.75, 3.05) is 20.1 Å². The van der Waals surface area contributed by atoms with Gasteiger partial charge < -0.3 is 5.32 Å². The number of nitrogens with zero attached hydrogens (tertiary/aromatic N) is 2. The smallest absolute Gasteiger partial charge is 0.114 e. The summed E-state index contributed by atoms with van der Waals surface area (Å²) in [5.74, 6) is 0. The van der Waals surface area contributed by atoms with Gasteiger partial charge in [-0.05, 0) is 38.9 Å². The normalized spacial score (nSPS) is 23.3. The van der Waals surface area contributed by atoms with Crippen LogP contribution >= 0.6 is 11.3 Å². The van der Waals surface area contributed by atoms with Crippen LogP contribution in [0.1, 0.15) is 29.1 Å². The summed E-state index contributed by atoms with van der Waals surface area (Å²) in [6.07, 6.45) is 2.38. The van der Waals surface area contributed by atoms with E-state index in [1.54, 1.807) is 11.3 Å². The molecule has 1 fully saturated rings. The number of rotatable bonds is 4. The van der Waals surface area contributed by atoms with Gasteiger partial charge in [0, 0.05) is 24.2 Å². The molecule has 0 saturated carbocycles. The first-order valence-corrected chi connectivity index (χ1v) is 8.48. The summed E-state index contributed by atoms with van der Waals surface area (Å²) in [7, 11) is 2.07. The Morgan fingerprint density at radius 2 is 2.14 bits per heavy atom. The van der Waals surface area contributed by atoms with Crippen LogP contribution in [0, 0.1) is 6.92 Å². The number of likely N-dealkylation sites (N-methyl/N-ethyl adjacent to an activating group) is 1. The summed E-state index contributed by atoms with van der Waals surface area (Å²) in [6.45, 7) is 5.30. The highest BCUT2D eigenvalue weighted by Gasteiger charge is 2.38. The first kappa shape index (κ1) is 14.7. The van der Waals surface area contributed by atoms with Gasteiger partial charge in [0.1, 0.15) is 5.01 Å². The molecular weight excluding hydrogens is 278 g/mol. The standard InChI is InChI=1S/C17H23N3S/c1-14-12-21-16(19-14)17(18-2)9-6-10-20(13-17)11-15-7-4-3-5-8-15/h3-5,7-8,12,18H,6,9-11,13H2,1-2H3. The highest BCUT2D eigenvalue weighted by molar-refractivity contribution is 7.09. The Morgan fingerprint density at radius 1 is 1.33 bits per heavy atom. The van der Waals surface area contributed by atoms with Crippen molar-refractivity contribution >= 4 is 11.3 Å². The van der Waals surface area contributed by atoms with Crippen molar-refractivity contribution in [1.82, 2.24) is 15.2 Å². The third kappa shape index (κ3) is 3.18. The molecule has 2 aromatic rings. The molecule has 0 aliphatic carbocycles. The molecule has 3 nitrogen and oxygen atoms in total. The largest absolute Gasteiger partial charge is 0.307 e. The first-order chi connectivity index (χ1) is 10.2. The monoisotopic (exact) mass is 301 g/mol. The Bertz CT molecular complexity index is 581. The summed E-state index contributed by atoms with van der Waals surface area (Å²) in [5, 5.41) is 6.96. The van der Waals surface area contributed by atoms with Crippen molar-refractivity contribution in [2.24, 2.45) is 0 Å². The van der Waals surface area contributed by atoms with E-state index in [2.05, 4.69) is 59.9 Å². The van der Waals surface area contributed by atoms with Crippen LogP contribution in [0.25, 0.3) is 0 Å². The van der Waals surface area contributed by atoms with Crippen molar-refractivity contribution in [1.29, 1.82) is 0 Å². The highest BCUT2D eigenvalue weighted by Crippen LogP contribution is 2.33. The molecule has 1 aromatic carbocycles. The number of nitrogens with one attached hydrogen (secondary N) is 1. The predicted molar refractivity (Wildman–Crippen MR) is 88.5 cm³/mol. The highest BCUT2D eigenvalue weighted by atomic mass is 32.1. The molecule has 21 heavy (non-hydrogen) atoms. The molecule has 0 spiro atoms. The van der Waals surface area contributed by atoms with Crippen molar-refractivity contribution < 1.29 is 0 Å². The molecule has 3 rings (SSSR count). The SMILES string of the molecule is CNC1(c2nc(C)cs2)CCCN(Cc2ccccc2)C1. The number of hydrogen-bond acceptors (Lipinski definition) is 4. The van der Waals surface area contributed by atoms with E-state index in [4.69, 9.17) is 4.98 Å². The third-order valence-electron chi connectivity index (χ3n) is 4.33. The second-order valence-electron chi connectivity index (χ2n) is 5.93. The van der Waals surface area contributed by atoms with E-state index in [1.165, 1.54) is 30.0 Å². The molecule has 1 aromatic heterocycles. The van der Waals surface area contributed by atoms with Crippen LogP contribution in [-0.2, 0) is 12.1 Å². The van der Waals surface area contributed by atoms with Gasteiger partial charge in [-0.3, -0.25) is 4.90 Å². The Kier molecular flexibility index (Phi) is 4.38. The molecule has 1 aliphatic heterocycles. The molecule has 1 unspecified atom stereocenters. The molecule has 4 heteroatoms. The maximum Gasteiger partial charge on any atom is 0.114 e. The van der Waals surface area contributed by atoms with Gasteiger partial charge >= 0.3 is 0 Å². The Hall–Kier alpha value is -1.23. The summed E-state index contributed by atoms with van der Waals surface area (Å²) >= 11 is 1.79. The quantitative estimate of drug-likeness (QED) is 0.940. The number of aryl methyl sites for hydroxylation is 1. The Morgan fingerprint density at radius 3 is 2.81 bits per heavy atom. The third-order valence-corrected chi connectivity index (χ3v) is 5.49. The number of thiazole rings is 1. The van der Waals surface area contributed by atoms with Gasteiger partial charge in [-0.2, -0.15) is 0 Å². The topological polar surface area (TPSA) is 28.2 Å². The van der Waals surface area contributed by atoms with Crippen molar-refractivity contribution in [3.05, 3.63) is 52.0 Å². The van der Waals surface area contributed by atoms with Crippen LogP contribution in [0.3, 0.4) is 0 Å². The maximum atomic E-state index is 4.75. The zero-order valence-electron chi connectivity index (χ0n) is 12.8. The molecule has 1 atom stereocenters. The van der Waals surface area contributed by atoms with Gasteiger partial charge in [0.15, 0.2) is 0 Å². The van der Waals surface area contributed by atoms with Gasteiger partial charge in [-0.15, -0.1) is 11.3 Å². The van der Waals surface area contributed by atoms with Gasteiger partial charge in [-0.1, -0.05) is 30.3 Å². The van der Waals surface area contributed by atoms with Crippen molar-refractivity contribution in [2.45, 2.75) is 31.8 Å². The van der Waals surface area contributed by atoms with Crippen LogP contribution in [0.4, 0.5) is 0 Å². The zero-order chi connectivity index (χ0) is 14.7. The van der Waals surface area contributed by atoms with Gasteiger partial charge in [0.2, 0.25) is 0 Å². The fourth-order valence-electron chi connectivity index (χ4n) is 3.18. The summed E-state index contributed by atoms with van der Waals surface area (Å²) in [6, 6.07) is 10.7. The average molecular weight is 301 g/mol. The minimum Gasteiger partial charge on any atom is -0.307 e. The van der Waals surface area contributed by atoms with E-state index in [9.17, 15) is 0 Å². The van der Waals surface area contributed by atoms with Crippen LogP contribution in [-0.4, -0.2) is 30.0 Å². The predicted octanol–water partition coefficient (Wildman–Crippen LogP) is 3.16. The lowest BCUT2D eigenvalue weighted by Gasteiger charge is -2.41. The van der Waals surface area contributed by atoms with Crippen LogP contribution in [0.5, 0.6) is 0 Å². The molecule has 0 amide bonds. The molecule has 2 heterocycles. The van der Waals surface area contributed by atoms with Crippen molar-refractivity contribution in [3.8, 4) is 0 Å². The zero-order valence-corrected chi connectivity index (χ0v) is 13.6. The number of aromatic nitrogens is 1. The first-order valence-electron chi connectivity index (χ1n) is 7.60. The average Bonchev–Trinajstić information content (AvgIpc) is 2.96. The fraction of sp³-hybridized carbons (Fsp3) is 0.471. The van der Waals surface area contributed by atoms with E-state index in [0.29, 0.717) is 0 Å². The molecule has 1 N–H and O–H groups in total. The lowest BCUT2D eigenvalue weighted by molar-refractivity contribution is 0.120. The van der Waals surface area contributed by atoms with Gasteiger partial charge in [-0.25, -0.2) is 4.98 Å².